The van der Waals surface area contributed by atoms with Crippen molar-refractivity contribution in [2.75, 3.05) is 35.3 Å². The average Bonchev–Trinajstić information content (AvgIpc) is 3.52. The van der Waals surface area contributed by atoms with Crippen LogP contribution in [0.1, 0.15) is 24.0 Å². The van der Waals surface area contributed by atoms with Crippen LogP contribution in [-0.2, 0) is 9.59 Å². The van der Waals surface area contributed by atoms with Crippen molar-refractivity contribution in [3.8, 4) is 11.8 Å². The van der Waals surface area contributed by atoms with Gasteiger partial charge < -0.3 is 15.0 Å². The fourth-order valence-corrected chi connectivity index (χ4v) is 4.47. The molecule has 2 heterocycles. The highest BCUT2D eigenvalue weighted by atomic mass is 16.5. The van der Waals surface area contributed by atoms with Crippen molar-refractivity contribution >= 4 is 34.4 Å². The number of imide groups is 1. The first-order valence-electron chi connectivity index (χ1n) is 11.5. The second-order valence-corrected chi connectivity index (χ2v) is 8.45. The number of amides is 2. The molecule has 5 rings (SSSR count). The van der Waals surface area contributed by atoms with Crippen LogP contribution in [0.2, 0.25) is 0 Å². The summed E-state index contributed by atoms with van der Waals surface area (Å²) in [4.78, 5) is 30.6. The van der Waals surface area contributed by atoms with E-state index in [2.05, 4.69) is 16.3 Å². The summed E-state index contributed by atoms with van der Waals surface area (Å²) in [6, 6.07) is 23.4. The number of hydrogen-bond acceptors (Lipinski definition) is 6. The number of ether oxygens (including phenoxy) is 1. The van der Waals surface area contributed by atoms with Gasteiger partial charge >= 0.3 is 0 Å². The van der Waals surface area contributed by atoms with Gasteiger partial charge in [-0.05, 0) is 79.1 Å². The second kappa shape index (κ2) is 9.35. The first-order valence-corrected chi connectivity index (χ1v) is 11.5. The van der Waals surface area contributed by atoms with E-state index in [-0.39, 0.29) is 11.3 Å². The Kier molecular flexibility index (Phi) is 5.94. The largest absolute Gasteiger partial charge is 0.497 e. The maximum atomic E-state index is 13.6. The number of carbonyl (C=O) groups is 2. The van der Waals surface area contributed by atoms with E-state index in [1.54, 1.807) is 55.6 Å². The molecule has 0 saturated carbocycles. The molecule has 0 aliphatic carbocycles. The van der Waals surface area contributed by atoms with E-state index in [0.717, 1.165) is 29.4 Å². The van der Waals surface area contributed by atoms with Crippen LogP contribution in [0.5, 0.6) is 5.75 Å². The van der Waals surface area contributed by atoms with Gasteiger partial charge in [-0.15, -0.1) is 0 Å². The molecule has 35 heavy (non-hydrogen) atoms. The number of benzene rings is 3. The van der Waals surface area contributed by atoms with Crippen LogP contribution in [0.3, 0.4) is 0 Å². The van der Waals surface area contributed by atoms with Gasteiger partial charge in [-0.3, -0.25) is 9.59 Å². The van der Waals surface area contributed by atoms with E-state index in [9.17, 15) is 9.59 Å². The molecular weight excluding hydrogens is 440 g/mol. The Hall–Kier alpha value is -4.57. The zero-order valence-corrected chi connectivity index (χ0v) is 19.3. The third-order valence-corrected chi connectivity index (χ3v) is 6.33. The van der Waals surface area contributed by atoms with Crippen molar-refractivity contribution in [3.05, 3.63) is 89.6 Å². The summed E-state index contributed by atoms with van der Waals surface area (Å²) in [6.45, 7) is 2.10. The molecule has 0 radical (unpaired) electrons. The summed E-state index contributed by atoms with van der Waals surface area (Å²) < 4.78 is 5.24. The highest BCUT2D eigenvalue weighted by molar-refractivity contribution is 6.46. The number of rotatable bonds is 6. The Morgan fingerprint density at radius 3 is 2.06 bits per heavy atom. The van der Waals surface area contributed by atoms with Crippen LogP contribution in [0.4, 0.5) is 17.1 Å². The zero-order valence-electron chi connectivity index (χ0n) is 19.3. The minimum Gasteiger partial charge on any atom is -0.497 e. The summed E-state index contributed by atoms with van der Waals surface area (Å²) in [6.07, 6.45) is 2.39. The topological polar surface area (TPSA) is 85.7 Å². The van der Waals surface area contributed by atoms with Crippen molar-refractivity contribution in [2.45, 2.75) is 12.8 Å². The predicted octanol–water partition coefficient (Wildman–Crippen LogP) is 4.56. The lowest BCUT2D eigenvalue weighted by molar-refractivity contribution is -0.120. The van der Waals surface area contributed by atoms with E-state index in [0.29, 0.717) is 22.6 Å². The lowest BCUT2D eigenvalue weighted by Gasteiger charge is -2.18. The number of nitrogens with one attached hydrogen (secondary N) is 1. The van der Waals surface area contributed by atoms with Crippen molar-refractivity contribution < 1.29 is 14.3 Å². The number of nitrogens with zero attached hydrogens (tertiary/aromatic N) is 3. The number of nitriles is 1. The summed E-state index contributed by atoms with van der Waals surface area (Å²) in [7, 11) is 1.57. The predicted molar refractivity (Wildman–Crippen MR) is 135 cm³/mol. The molecule has 2 amide bonds. The van der Waals surface area contributed by atoms with Crippen molar-refractivity contribution in [1.82, 2.24) is 0 Å². The monoisotopic (exact) mass is 464 g/mol. The third kappa shape index (κ3) is 4.22. The normalized spacial score (nSPS) is 15.5. The summed E-state index contributed by atoms with van der Waals surface area (Å²) in [5.41, 5.74) is 3.82. The molecule has 1 N–H and O–H groups in total. The third-order valence-electron chi connectivity index (χ3n) is 6.33. The maximum Gasteiger partial charge on any atom is 0.282 e. The van der Waals surface area contributed by atoms with E-state index in [1.165, 1.54) is 12.8 Å². The zero-order chi connectivity index (χ0) is 24.4. The average molecular weight is 465 g/mol. The molecule has 174 valence electrons. The molecule has 1 saturated heterocycles. The fourth-order valence-electron chi connectivity index (χ4n) is 4.47. The van der Waals surface area contributed by atoms with Crippen LogP contribution in [0.25, 0.3) is 5.57 Å². The second-order valence-electron chi connectivity index (χ2n) is 8.45. The number of hydrogen-bond donors (Lipinski definition) is 1. The van der Waals surface area contributed by atoms with Gasteiger partial charge in [0, 0.05) is 24.5 Å². The molecule has 0 bridgehead atoms. The standard InChI is InChI=1S/C28H24N4O3/c1-35-24-14-6-20(7-15-24)25-26(30-21-8-12-22(13-9-21)31-16-2-3-17-31)28(34)32(27(25)33)23-10-4-19(18-29)5-11-23/h4-15,30H,2-3,16-17H2,1H3. The van der Waals surface area contributed by atoms with Gasteiger partial charge in [-0.25, -0.2) is 4.90 Å². The minimum atomic E-state index is -0.450. The van der Waals surface area contributed by atoms with Crippen LogP contribution in [0, 0.1) is 11.3 Å². The van der Waals surface area contributed by atoms with E-state index >= 15 is 0 Å². The van der Waals surface area contributed by atoms with Gasteiger partial charge in [0.1, 0.15) is 11.4 Å². The first kappa shape index (κ1) is 22.2. The minimum absolute atomic E-state index is 0.207. The Morgan fingerprint density at radius 2 is 1.46 bits per heavy atom. The quantitative estimate of drug-likeness (QED) is 0.538. The van der Waals surface area contributed by atoms with Crippen LogP contribution in [0.15, 0.2) is 78.5 Å². The molecule has 7 heteroatoms. The van der Waals surface area contributed by atoms with Crippen molar-refractivity contribution in [2.24, 2.45) is 0 Å². The summed E-state index contributed by atoms with van der Waals surface area (Å²) >= 11 is 0. The van der Waals surface area contributed by atoms with Crippen molar-refractivity contribution in [1.29, 1.82) is 5.26 Å². The fraction of sp³-hybridized carbons (Fsp3) is 0.179. The highest BCUT2D eigenvalue weighted by Gasteiger charge is 2.40. The number of anilines is 3. The summed E-state index contributed by atoms with van der Waals surface area (Å²) in [5.74, 6) is -0.225. The molecule has 1 fully saturated rings. The van der Waals surface area contributed by atoms with Gasteiger partial charge in [-0.1, -0.05) is 12.1 Å². The number of methoxy groups -OCH3 is 1. The SMILES string of the molecule is COc1ccc(C2=C(Nc3ccc(N4CCCC4)cc3)C(=O)N(c3ccc(C#N)cc3)C2=O)cc1. The molecule has 0 unspecified atom stereocenters. The molecular formula is C28H24N4O3. The Labute approximate surface area is 203 Å². The number of carbonyl (C=O) groups excluding carboxylic acids is 2. The first-order chi connectivity index (χ1) is 17.1. The molecule has 0 atom stereocenters. The molecule has 0 spiro atoms. The molecule has 3 aromatic rings. The maximum absolute atomic E-state index is 13.6. The van der Waals surface area contributed by atoms with Gasteiger partial charge in [0.05, 0.1) is 30.0 Å². The van der Waals surface area contributed by atoms with Crippen LogP contribution in [-0.4, -0.2) is 32.0 Å². The van der Waals surface area contributed by atoms with E-state index in [4.69, 9.17) is 10.00 Å². The van der Waals surface area contributed by atoms with Gasteiger partial charge in [0.25, 0.3) is 11.8 Å². The molecule has 0 aromatic heterocycles. The van der Waals surface area contributed by atoms with E-state index < -0.39 is 11.8 Å². The van der Waals surface area contributed by atoms with Crippen molar-refractivity contribution in [3.63, 3.8) is 0 Å². The Balaban J connectivity index is 1.51. The lowest BCUT2D eigenvalue weighted by Crippen LogP contribution is -2.32. The van der Waals surface area contributed by atoms with Crippen LogP contribution >= 0.6 is 0 Å². The Morgan fingerprint density at radius 1 is 0.829 bits per heavy atom. The van der Waals surface area contributed by atoms with Crippen LogP contribution < -0.4 is 19.9 Å². The smallest absolute Gasteiger partial charge is 0.282 e. The molecule has 7 nitrogen and oxygen atoms in total. The van der Waals surface area contributed by atoms with Gasteiger partial charge in [0.2, 0.25) is 0 Å². The molecule has 2 aliphatic heterocycles. The summed E-state index contributed by atoms with van der Waals surface area (Å²) in [5, 5.41) is 12.3. The molecule has 2 aliphatic rings. The molecule has 3 aromatic carbocycles. The lowest BCUT2D eigenvalue weighted by atomic mass is 10.0. The van der Waals surface area contributed by atoms with Gasteiger partial charge in [-0.2, -0.15) is 5.26 Å². The van der Waals surface area contributed by atoms with Gasteiger partial charge in [0.15, 0.2) is 0 Å². The Bertz CT molecular complexity index is 1330. The van der Waals surface area contributed by atoms with E-state index in [1.807, 2.05) is 24.3 Å². The highest BCUT2D eigenvalue weighted by Crippen LogP contribution is 2.35.